The van der Waals surface area contributed by atoms with Gasteiger partial charge in [-0.1, -0.05) is 187 Å². The van der Waals surface area contributed by atoms with E-state index < -0.39 is 20.0 Å². The fourth-order valence-corrected chi connectivity index (χ4v) is 7.37. The molecular formula is C44H90N2O6P+. The highest BCUT2D eigenvalue weighted by molar-refractivity contribution is 7.47. The van der Waals surface area contributed by atoms with Crippen LogP contribution in [-0.4, -0.2) is 73.4 Å². The number of rotatable bonds is 41. The average Bonchev–Trinajstić information content (AvgIpc) is 3.10. The number of nitrogens with zero attached hydrogens (tertiary/aromatic N) is 1. The standard InChI is InChI=1S/C44H89N2O6P/c1-6-8-10-12-14-16-17-18-19-20-21-22-23-24-25-26-27-28-30-31-33-35-37-43(47)42(41-52-53(49,50)51-40-39-46(3,4)5)45-44(48)38-36-34-32-29-15-13-11-9-7-2/h29,32,42-43,47H,6-28,30-31,33-41H2,1-5H3,(H-,45,48,49,50)/p+1/b32-29-. The van der Waals surface area contributed by atoms with Crippen LogP contribution in [0.2, 0.25) is 0 Å². The van der Waals surface area contributed by atoms with Gasteiger partial charge in [0.05, 0.1) is 39.9 Å². The zero-order valence-electron chi connectivity index (χ0n) is 35.8. The number of quaternary nitrogens is 1. The Labute approximate surface area is 329 Å². The highest BCUT2D eigenvalue weighted by Crippen LogP contribution is 2.43. The second kappa shape index (κ2) is 36.9. The topological polar surface area (TPSA) is 105 Å². The first-order chi connectivity index (χ1) is 25.5. The van der Waals surface area contributed by atoms with Crippen molar-refractivity contribution in [1.29, 1.82) is 0 Å². The fourth-order valence-electron chi connectivity index (χ4n) is 6.64. The zero-order valence-corrected chi connectivity index (χ0v) is 36.7. The molecule has 1 amide bonds. The summed E-state index contributed by atoms with van der Waals surface area (Å²) in [7, 11) is 1.60. The summed E-state index contributed by atoms with van der Waals surface area (Å²) < 4.78 is 23.5. The minimum absolute atomic E-state index is 0.0719. The van der Waals surface area contributed by atoms with Crippen molar-refractivity contribution >= 4 is 13.7 Å². The Morgan fingerprint density at radius 3 is 1.45 bits per heavy atom. The molecule has 0 bridgehead atoms. The molecule has 8 nitrogen and oxygen atoms in total. The summed E-state index contributed by atoms with van der Waals surface area (Å²) in [5, 5.41) is 13.9. The molecule has 0 aliphatic carbocycles. The maximum absolute atomic E-state index is 12.8. The minimum atomic E-state index is -4.31. The molecule has 3 atom stereocenters. The van der Waals surface area contributed by atoms with Crippen molar-refractivity contribution in [3.8, 4) is 0 Å². The van der Waals surface area contributed by atoms with Gasteiger partial charge in [-0.2, -0.15) is 0 Å². The second-order valence-corrected chi connectivity index (χ2v) is 18.2. The van der Waals surface area contributed by atoms with E-state index in [1.54, 1.807) is 0 Å². The molecule has 0 rings (SSSR count). The van der Waals surface area contributed by atoms with Crippen LogP contribution in [0.3, 0.4) is 0 Å². The molecule has 0 saturated carbocycles. The molecule has 0 aromatic heterocycles. The lowest BCUT2D eigenvalue weighted by molar-refractivity contribution is -0.870. The van der Waals surface area contributed by atoms with Gasteiger partial charge < -0.3 is 19.8 Å². The Kier molecular flexibility index (Phi) is 36.3. The fraction of sp³-hybridized carbons (Fsp3) is 0.932. The Morgan fingerprint density at radius 2 is 1.02 bits per heavy atom. The van der Waals surface area contributed by atoms with Crippen LogP contribution in [0.5, 0.6) is 0 Å². The Bertz CT molecular complexity index is 880. The van der Waals surface area contributed by atoms with Crippen molar-refractivity contribution in [2.24, 2.45) is 0 Å². The number of hydrogen-bond donors (Lipinski definition) is 3. The number of phosphoric ester groups is 1. The molecule has 0 heterocycles. The van der Waals surface area contributed by atoms with Crippen LogP contribution in [0.25, 0.3) is 0 Å². The molecule has 0 fully saturated rings. The van der Waals surface area contributed by atoms with Gasteiger partial charge in [0.2, 0.25) is 5.91 Å². The van der Waals surface area contributed by atoms with Gasteiger partial charge in [-0.15, -0.1) is 0 Å². The third-order valence-electron chi connectivity index (χ3n) is 10.3. The SMILES string of the molecule is CCCCCC/C=C\CCCC(=O)NC(COP(=O)(O)OCC[N+](C)(C)C)C(O)CCCCCCCCCCCCCCCCCCCCCCCC. The van der Waals surface area contributed by atoms with Crippen molar-refractivity contribution in [3.63, 3.8) is 0 Å². The number of amides is 1. The van der Waals surface area contributed by atoms with Gasteiger partial charge in [0, 0.05) is 6.42 Å². The van der Waals surface area contributed by atoms with Crippen molar-refractivity contribution in [2.75, 3.05) is 40.9 Å². The van der Waals surface area contributed by atoms with E-state index in [2.05, 4.69) is 31.3 Å². The summed E-state index contributed by atoms with van der Waals surface area (Å²) >= 11 is 0. The van der Waals surface area contributed by atoms with Crippen LogP contribution < -0.4 is 5.32 Å². The summed E-state index contributed by atoms with van der Waals surface area (Å²) in [6, 6.07) is -0.769. The molecule has 0 aliphatic rings. The molecule has 0 saturated heterocycles. The van der Waals surface area contributed by atoms with Crippen LogP contribution in [0.4, 0.5) is 0 Å². The summed E-state index contributed by atoms with van der Waals surface area (Å²) in [5.74, 6) is -0.179. The van der Waals surface area contributed by atoms with Crippen molar-refractivity contribution in [2.45, 2.75) is 225 Å². The lowest BCUT2D eigenvalue weighted by Crippen LogP contribution is -2.46. The summed E-state index contributed by atoms with van der Waals surface area (Å²) in [4.78, 5) is 23.0. The Morgan fingerprint density at radius 1 is 0.623 bits per heavy atom. The maximum atomic E-state index is 12.8. The lowest BCUT2D eigenvalue weighted by atomic mass is 10.0. The molecule has 9 heteroatoms. The van der Waals surface area contributed by atoms with E-state index in [9.17, 15) is 19.4 Å². The lowest BCUT2D eigenvalue weighted by Gasteiger charge is -2.26. The Balaban J connectivity index is 4.20. The first-order valence-electron chi connectivity index (χ1n) is 22.6. The number of likely N-dealkylation sites (N-methyl/N-ethyl adjacent to an activating group) is 1. The molecule has 3 unspecified atom stereocenters. The monoisotopic (exact) mass is 774 g/mol. The first-order valence-corrected chi connectivity index (χ1v) is 24.0. The van der Waals surface area contributed by atoms with E-state index in [0.717, 1.165) is 32.1 Å². The smallest absolute Gasteiger partial charge is 0.391 e. The van der Waals surface area contributed by atoms with E-state index in [4.69, 9.17) is 9.05 Å². The van der Waals surface area contributed by atoms with Gasteiger partial charge in [-0.3, -0.25) is 13.8 Å². The normalized spacial score (nSPS) is 14.5. The summed E-state index contributed by atoms with van der Waals surface area (Å²) in [6.07, 6.45) is 41.2. The van der Waals surface area contributed by atoms with Crippen LogP contribution in [-0.2, 0) is 18.4 Å². The number of aliphatic hydroxyl groups is 1. The molecule has 53 heavy (non-hydrogen) atoms. The Hall–Kier alpha value is -0.760. The molecule has 0 aromatic carbocycles. The minimum Gasteiger partial charge on any atom is -0.391 e. The van der Waals surface area contributed by atoms with Gasteiger partial charge in [-0.05, 0) is 32.1 Å². The third-order valence-corrected chi connectivity index (χ3v) is 11.2. The largest absolute Gasteiger partial charge is 0.472 e. The highest BCUT2D eigenvalue weighted by atomic mass is 31.2. The van der Waals surface area contributed by atoms with E-state index in [1.807, 2.05) is 21.1 Å². The van der Waals surface area contributed by atoms with Gasteiger partial charge in [0.1, 0.15) is 13.2 Å². The van der Waals surface area contributed by atoms with Crippen molar-refractivity contribution in [3.05, 3.63) is 12.2 Å². The van der Waals surface area contributed by atoms with Gasteiger partial charge >= 0.3 is 7.82 Å². The van der Waals surface area contributed by atoms with E-state index in [1.165, 1.54) is 148 Å². The van der Waals surface area contributed by atoms with Crippen molar-refractivity contribution < 1.29 is 32.9 Å². The molecule has 0 aromatic rings. The second-order valence-electron chi connectivity index (χ2n) is 16.8. The summed E-state index contributed by atoms with van der Waals surface area (Å²) in [6.45, 7) is 4.84. The number of aliphatic hydroxyl groups excluding tert-OH is 1. The number of carbonyl (C=O) groups excluding carboxylic acids is 1. The van der Waals surface area contributed by atoms with Crippen molar-refractivity contribution in [1.82, 2.24) is 5.32 Å². The molecule has 0 radical (unpaired) electrons. The van der Waals surface area contributed by atoms with Crippen LogP contribution >= 0.6 is 7.82 Å². The van der Waals surface area contributed by atoms with Crippen LogP contribution in [0, 0.1) is 0 Å². The van der Waals surface area contributed by atoms with E-state index in [-0.39, 0.29) is 19.1 Å². The number of phosphoric acid groups is 1. The molecule has 3 N–H and O–H groups in total. The number of unbranched alkanes of at least 4 members (excludes halogenated alkanes) is 26. The number of carbonyl (C=O) groups is 1. The predicted octanol–water partition coefficient (Wildman–Crippen LogP) is 12.4. The highest BCUT2D eigenvalue weighted by Gasteiger charge is 2.28. The van der Waals surface area contributed by atoms with Gasteiger partial charge in [0.15, 0.2) is 0 Å². The van der Waals surface area contributed by atoms with Crippen LogP contribution in [0.15, 0.2) is 12.2 Å². The first kappa shape index (κ1) is 52.2. The third kappa shape index (κ3) is 39.3. The molecular weight excluding hydrogens is 683 g/mol. The van der Waals surface area contributed by atoms with E-state index >= 15 is 0 Å². The van der Waals surface area contributed by atoms with Gasteiger partial charge in [-0.25, -0.2) is 4.57 Å². The number of nitrogens with one attached hydrogen (secondary N) is 1. The molecule has 316 valence electrons. The van der Waals surface area contributed by atoms with Gasteiger partial charge in [0.25, 0.3) is 0 Å². The molecule has 0 spiro atoms. The number of allylic oxidation sites excluding steroid dienone is 2. The maximum Gasteiger partial charge on any atom is 0.472 e. The van der Waals surface area contributed by atoms with E-state index in [0.29, 0.717) is 30.3 Å². The predicted molar refractivity (Wildman–Crippen MR) is 226 cm³/mol. The molecule has 0 aliphatic heterocycles. The quantitative estimate of drug-likeness (QED) is 0.0247. The van der Waals surface area contributed by atoms with Crippen LogP contribution in [0.1, 0.15) is 213 Å². The summed E-state index contributed by atoms with van der Waals surface area (Å²) in [5.41, 5.74) is 0. The average molecular weight is 774 g/mol. The zero-order chi connectivity index (χ0) is 39.3. The number of hydrogen-bond acceptors (Lipinski definition) is 5.